The van der Waals surface area contributed by atoms with Gasteiger partial charge in [-0.1, -0.05) is 30.3 Å². The predicted molar refractivity (Wildman–Crippen MR) is 96.9 cm³/mol. The van der Waals surface area contributed by atoms with Gasteiger partial charge in [0.1, 0.15) is 12.7 Å². The van der Waals surface area contributed by atoms with Gasteiger partial charge in [-0.05, 0) is 44.2 Å². The second-order valence-electron chi connectivity index (χ2n) is 6.82. The van der Waals surface area contributed by atoms with Crippen LogP contribution in [0.5, 0.6) is 0 Å². The summed E-state index contributed by atoms with van der Waals surface area (Å²) in [5.41, 5.74) is 1.25. The fraction of sp³-hybridized carbons (Fsp3) is 0.526. The van der Waals surface area contributed by atoms with Crippen molar-refractivity contribution in [3.63, 3.8) is 0 Å². The predicted octanol–water partition coefficient (Wildman–Crippen LogP) is 1.74. The van der Waals surface area contributed by atoms with Gasteiger partial charge in [0, 0.05) is 19.6 Å². The Morgan fingerprint density at radius 1 is 1.36 bits per heavy atom. The van der Waals surface area contributed by atoms with Crippen LogP contribution in [0, 0.1) is 5.92 Å². The van der Waals surface area contributed by atoms with Crippen molar-refractivity contribution < 1.29 is 4.79 Å². The Kier molecular flexibility index (Phi) is 6.17. The van der Waals surface area contributed by atoms with Crippen LogP contribution in [0.3, 0.4) is 0 Å². The van der Waals surface area contributed by atoms with E-state index in [0.29, 0.717) is 12.5 Å². The van der Waals surface area contributed by atoms with Gasteiger partial charge in [0.25, 0.3) is 0 Å². The van der Waals surface area contributed by atoms with Crippen LogP contribution in [0.25, 0.3) is 0 Å². The topological polar surface area (TPSA) is 63.1 Å². The first-order chi connectivity index (χ1) is 12.2. The maximum atomic E-state index is 12.5. The molecular weight excluding hydrogens is 314 g/mol. The molecule has 2 aromatic rings. The molecule has 0 unspecified atom stereocenters. The summed E-state index contributed by atoms with van der Waals surface area (Å²) in [4.78, 5) is 18.8. The molecule has 0 saturated carbocycles. The van der Waals surface area contributed by atoms with Crippen molar-refractivity contribution in [1.29, 1.82) is 0 Å². The minimum atomic E-state index is -0.0886. The van der Waals surface area contributed by atoms with Crippen LogP contribution < -0.4 is 5.32 Å². The number of hydrogen-bond donors (Lipinski definition) is 1. The van der Waals surface area contributed by atoms with E-state index in [9.17, 15) is 4.79 Å². The molecule has 6 heteroatoms. The summed E-state index contributed by atoms with van der Waals surface area (Å²) < 4.78 is 1.89. The number of aromatic nitrogens is 3. The quantitative estimate of drug-likeness (QED) is 0.833. The van der Waals surface area contributed by atoms with Gasteiger partial charge in [0.05, 0.1) is 6.04 Å². The van der Waals surface area contributed by atoms with Crippen LogP contribution in [-0.2, 0) is 17.8 Å². The van der Waals surface area contributed by atoms with Gasteiger partial charge in [0.15, 0.2) is 0 Å². The highest BCUT2D eigenvalue weighted by Crippen LogP contribution is 2.20. The first-order valence-corrected chi connectivity index (χ1v) is 9.10. The fourth-order valence-electron chi connectivity index (χ4n) is 3.48. The molecule has 0 spiro atoms. The zero-order valence-corrected chi connectivity index (χ0v) is 14.8. The summed E-state index contributed by atoms with van der Waals surface area (Å²) in [7, 11) is 0. The van der Waals surface area contributed by atoms with E-state index in [2.05, 4.69) is 32.4 Å². The molecular formula is C19H27N5O. The molecule has 1 amide bonds. The minimum absolute atomic E-state index is 0.0886. The summed E-state index contributed by atoms with van der Waals surface area (Å²) in [6, 6.07) is 10.2. The fourth-order valence-corrected chi connectivity index (χ4v) is 3.48. The third kappa shape index (κ3) is 5.13. The first-order valence-electron chi connectivity index (χ1n) is 9.10. The van der Waals surface area contributed by atoms with Crippen LogP contribution >= 0.6 is 0 Å². The van der Waals surface area contributed by atoms with Crippen molar-refractivity contribution in [2.24, 2.45) is 5.92 Å². The van der Waals surface area contributed by atoms with Crippen molar-refractivity contribution in [3.05, 3.63) is 48.5 Å². The molecule has 1 aromatic carbocycles. The van der Waals surface area contributed by atoms with E-state index in [4.69, 9.17) is 0 Å². The molecule has 25 heavy (non-hydrogen) atoms. The van der Waals surface area contributed by atoms with E-state index in [1.165, 1.54) is 12.0 Å². The summed E-state index contributed by atoms with van der Waals surface area (Å²) in [5, 5.41) is 7.27. The number of hydrogen-bond acceptors (Lipinski definition) is 4. The van der Waals surface area contributed by atoms with E-state index in [0.717, 1.165) is 32.5 Å². The second-order valence-corrected chi connectivity index (χ2v) is 6.82. The molecule has 6 nitrogen and oxygen atoms in total. The molecule has 3 rings (SSSR count). The van der Waals surface area contributed by atoms with Gasteiger partial charge in [-0.15, -0.1) is 0 Å². The monoisotopic (exact) mass is 341 g/mol. The Morgan fingerprint density at radius 3 is 2.96 bits per heavy atom. The lowest BCUT2D eigenvalue weighted by atomic mass is 9.96. The molecule has 1 N–H and O–H groups in total. The van der Waals surface area contributed by atoms with Gasteiger partial charge in [-0.2, -0.15) is 5.10 Å². The largest absolute Gasteiger partial charge is 0.354 e. The molecule has 0 radical (unpaired) electrons. The summed E-state index contributed by atoms with van der Waals surface area (Å²) in [5.74, 6) is 0.646. The lowest BCUT2D eigenvalue weighted by molar-refractivity contribution is -0.126. The number of carbonyl (C=O) groups is 1. The highest BCUT2D eigenvalue weighted by molar-refractivity contribution is 5.81. The molecule has 1 aromatic heterocycles. The van der Waals surface area contributed by atoms with Crippen molar-refractivity contribution in [2.45, 2.75) is 38.8 Å². The summed E-state index contributed by atoms with van der Waals surface area (Å²) in [6.45, 7) is 5.49. The maximum Gasteiger partial charge on any atom is 0.237 e. The zero-order valence-electron chi connectivity index (χ0n) is 14.8. The normalized spacial score (nSPS) is 19.5. The van der Waals surface area contributed by atoms with E-state index in [1.54, 1.807) is 12.7 Å². The van der Waals surface area contributed by atoms with Crippen LogP contribution in [0.15, 0.2) is 43.0 Å². The first kappa shape index (κ1) is 17.6. The molecule has 2 heterocycles. The lowest BCUT2D eigenvalue weighted by Crippen LogP contribution is -2.49. The Balaban J connectivity index is 1.44. The molecule has 1 aliphatic heterocycles. The van der Waals surface area contributed by atoms with E-state index in [1.807, 2.05) is 29.8 Å². The summed E-state index contributed by atoms with van der Waals surface area (Å²) >= 11 is 0. The minimum Gasteiger partial charge on any atom is -0.354 e. The number of likely N-dealkylation sites (tertiary alicyclic amines) is 1. The zero-order chi connectivity index (χ0) is 17.5. The van der Waals surface area contributed by atoms with Gasteiger partial charge in [-0.3, -0.25) is 14.4 Å². The highest BCUT2D eigenvalue weighted by Gasteiger charge is 2.27. The van der Waals surface area contributed by atoms with Crippen molar-refractivity contribution in [3.8, 4) is 0 Å². The molecule has 0 bridgehead atoms. The number of amides is 1. The van der Waals surface area contributed by atoms with Crippen LogP contribution in [0.1, 0.15) is 25.3 Å². The SMILES string of the molecule is C[C@H](C(=O)NCCc1ccccc1)N1CCC[C@@H](Cn2cncn2)C1. The Hall–Kier alpha value is -2.21. The number of benzene rings is 1. The van der Waals surface area contributed by atoms with Gasteiger partial charge in [-0.25, -0.2) is 4.98 Å². The number of nitrogens with zero attached hydrogens (tertiary/aromatic N) is 4. The van der Waals surface area contributed by atoms with E-state index >= 15 is 0 Å². The van der Waals surface area contributed by atoms with Crippen LogP contribution in [-0.4, -0.2) is 51.2 Å². The van der Waals surface area contributed by atoms with Crippen molar-refractivity contribution >= 4 is 5.91 Å². The number of piperidine rings is 1. The average molecular weight is 341 g/mol. The second kappa shape index (κ2) is 8.76. The molecule has 1 aliphatic rings. The maximum absolute atomic E-state index is 12.5. The standard InChI is InChI=1S/C19H27N5O/c1-16(19(25)21-10-9-17-6-3-2-4-7-17)23-11-5-8-18(12-23)13-24-15-20-14-22-24/h2-4,6-7,14-16,18H,5,8-13H2,1H3,(H,21,25)/t16-,18-/m1/s1. The van der Waals surface area contributed by atoms with Crippen molar-refractivity contribution in [1.82, 2.24) is 25.0 Å². The Bertz CT molecular complexity index is 643. The third-order valence-electron chi connectivity index (χ3n) is 4.95. The highest BCUT2D eigenvalue weighted by atomic mass is 16.2. The summed E-state index contributed by atoms with van der Waals surface area (Å²) in [6.07, 6.45) is 6.51. The van der Waals surface area contributed by atoms with E-state index < -0.39 is 0 Å². The molecule has 2 atom stereocenters. The van der Waals surface area contributed by atoms with Gasteiger partial charge >= 0.3 is 0 Å². The van der Waals surface area contributed by atoms with Crippen LogP contribution in [0.4, 0.5) is 0 Å². The number of rotatable bonds is 7. The average Bonchev–Trinajstić information content (AvgIpc) is 3.15. The van der Waals surface area contributed by atoms with Gasteiger partial charge < -0.3 is 5.32 Å². The number of nitrogens with one attached hydrogen (secondary N) is 1. The molecule has 0 aliphatic carbocycles. The number of carbonyl (C=O) groups excluding carboxylic acids is 1. The van der Waals surface area contributed by atoms with Crippen LogP contribution in [0.2, 0.25) is 0 Å². The Morgan fingerprint density at radius 2 is 2.20 bits per heavy atom. The lowest BCUT2D eigenvalue weighted by Gasteiger charge is -2.36. The molecule has 134 valence electrons. The molecule has 1 fully saturated rings. The molecule has 1 saturated heterocycles. The Labute approximate surface area is 149 Å². The van der Waals surface area contributed by atoms with E-state index in [-0.39, 0.29) is 11.9 Å². The third-order valence-corrected chi connectivity index (χ3v) is 4.95. The van der Waals surface area contributed by atoms with Gasteiger partial charge in [0.2, 0.25) is 5.91 Å². The smallest absolute Gasteiger partial charge is 0.237 e. The van der Waals surface area contributed by atoms with Crippen molar-refractivity contribution in [2.75, 3.05) is 19.6 Å².